The molecular formula is C7H9NO3. The Morgan fingerprint density at radius 1 is 1.82 bits per heavy atom. The molecule has 0 radical (unpaired) electrons. The highest BCUT2D eigenvalue weighted by molar-refractivity contribution is 5.90. The summed E-state index contributed by atoms with van der Waals surface area (Å²) < 4.78 is 4.83. The quantitative estimate of drug-likeness (QED) is 0.366. The number of nitrogens with zero attached hydrogens (tertiary/aromatic N) is 1. The van der Waals surface area contributed by atoms with Gasteiger partial charge in [0, 0.05) is 6.61 Å². The summed E-state index contributed by atoms with van der Waals surface area (Å²) in [5.74, 6) is -1.22. The van der Waals surface area contributed by atoms with Crippen molar-refractivity contribution >= 4 is 5.97 Å². The molecule has 0 aliphatic rings. The third kappa shape index (κ3) is 4.12. The van der Waals surface area contributed by atoms with Gasteiger partial charge in [-0.3, -0.25) is 0 Å². The van der Waals surface area contributed by atoms with E-state index in [4.69, 9.17) is 15.1 Å². The Morgan fingerprint density at radius 3 is 2.82 bits per heavy atom. The summed E-state index contributed by atoms with van der Waals surface area (Å²) in [6.07, 6.45) is 1.24. The Labute approximate surface area is 64.7 Å². The van der Waals surface area contributed by atoms with Crippen molar-refractivity contribution in [2.75, 3.05) is 13.2 Å². The third-order valence-corrected chi connectivity index (χ3v) is 0.960. The van der Waals surface area contributed by atoms with Gasteiger partial charge in [0.2, 0.25) is 0 Å². The van der Waals surface area contributed by atoms with Crippen molar-refractivity contribution < 1.29 is 14.6 Å². The maximum Gasteiger partial charge on any atom is 0.346 e. The van der Waals surface area contributed by atoms with E-state index in [1.54, 1.807) is 13.0 Å². The van der Waals surface area contributed by atoms with Crippen LogP contribution in [0.5, 0.6) is 0 Å². The first-order valence-electron chi connectivity index (χ1n) is 3.13. The van der Waals surface area contributed by atoms with Crippen LogP contribution in [0, 0.1) is 11.3 Å². The van der Waals surface area contributed by atoms with E-state index in [1.807, 2.05) is 0 Å². The van der Waals surface area contributed by atoms with Crippen molar-refractivity contribution in [2.45, 2.75) is 6.92 Å². The van der Waals surface area contributed by atoms with Crippen molar-refractivity contribution in [1.82, 2.24) is 0 Å². The number of carboxylic acid groups (broad SMARTS) is 1. The predicted octanol–water partition coefficient (Wildman–Crippen LogP) is 0.557. The molecule has 0 aromatic carbocycles. The molecule has 0 aliphatic carbocycles. The smallest absolute Gasteiger partial charge is 0.346 e. The average molecular weight is 155 g/mol. The van der Waals surface area contributed by atoms with Crippen molar-refractivity contribution in [3.05, 3.63) is 11.6 Å². The normalized spacial score (nSPS) is 10.7. The van der Waals surface area contributed by atoms with Crippen LogP contribution in [0.4, 0.5) is 0 Å². The minimum Gasteiger partial charge on any atom is -0.477 e. The second-order valence-corrected chi connectivity index (χ2v) is 1.69. The van der Waals surface area contributed by atoms with Gasteiger partial charge < -0.3 is 9.84 Å². The van der Waals surface area contributed by atoms with E-state index >= 15 is 0 Å². The van der Waals surface area contributed by atoms with Gasteiger partial charge in [-0.25, -0.2) is 4.79 Å². The van der Waals surface area contributed by atoms with Gasteiger partial charge in [0.15, 0.2) is 0 Å². The monoisotopic (exact) mass is 155 g/mol. The fourth-order valence-electron chi connectivity index (χ4n) is 0.441. The highest BCUT2D eigenvalue weighted by Crippen LogP contribution is 1.91. The van der Waals surface area contributed by atoms with Crippen LogP contribution in [-0.2, 0) is 9.53 Å². The van der Waals surface area contributed by atoms with Crippen molar-refractivity contribution in [3.8, 4) is 6.07 Å². The highest BCUT2D eigenvalue weighted by atomic mass is 16.5. The maximum absolute atomic E-state index is 10.2. The molecule has 0 heterocycles. The molecule has 0 rings (SSSR count). The van der Waals surface area contributed by atoms with E-state index in [2.05, 4.69) is 0 Å². The van der Waals surface area contributed by atoms with Gasteiger partial charge in [0.1, 0.15) is 11.6 Å². The summed E-state index contributed by atoms with van der Waals surface area (Å²) in [5.41, 5.74) is -0.279. The highest BCUT2D eigenvalue weighted by Gasteiger charge is 2.03. The zero-order valence-corrected chi connectivity index (χ0v) is 6.20. The van der Waals surface area contributed by atoms with Crippen LogP contribution in [0.15, 0.2) is 11.6 Å². The molecule has 0 aromatic rings. The Hall–Kier alpha value is -1.34. The molecule has 0 saturated carbocycles. The lowest BCUT2D eigenvalue weighted by Crippen LogP contribution is -2.00. The Balaban J connectivity index is 3.95. The fourth-order valence-corrected chi connectivity index (χ4v) is 0.441. The van der Waals surface area contributed by atoms with E-state index in [1.165, 1.54) is 6.08 Å². The Bertz CT molecular complexity index is 202. The summed E-state index contributed by atoms with van der Waals surface area (Å²) in [7, 11) is 0. The molecule has 4 nitrogen and oxygen atoms in total. The number of aliphatic carboxylic acids is 1. The van der Waals surface area contributed by atoms with Gasteiger partial charge in [0.05, 0.1) is 6.61 Å². The van der Waals surface area contributed by atoms with Gasteiger partial charge in [-0.15, -0.1) is 0 Å². The summed E-state index contributed by atoms with van der Waals surface area (Å²) in [6, 6.07) is 1.54. The molecule has 0 aliphatic heterocycles. The zero-order valence-electron chi connectivity index (χ0n) is 6.20. The van der Waals surface area contributed by atoms with E-state index in [-0.39, 0.29) is 12.2 Å². The minimum atomic E-state index is -1.22. The summed E-state index contributed by atoms with van der Waals surface area (Å²) >= 11 is 0. The number of hydrogen-bond acceptors (Lipinski definition) is 3. The molecule has 0 spiro atoms. The van der Waals surface area contributed by atoms with Crippen LogP contribution in [0.3, 0.4) is 0 Å². The van der Waals surface area contributed by atoms with Crippen molar-refractivity contribution in [2.24, 2.45) is 0 Å². The summed E-state index contributed by atoms with van der Waals surface area (Å²) in [5, 5.41) is 16.6. The average Bonchev–Trinajstić information content (AvgIpc) is 1.97. The number of carboxylic acids is 1. The molecule has 0 saturated heterocycles. The molecule has 0 amide bonds. The lowest BCUT2D eigenvalue weighted by Gasteiger charge is -1.93. The molecule has 0 fully saturated rings. The number of carbonyl (C=O) groups is 1. The second kappa shape index (κ2) is 5.45. The largest absolute Gasteiger partial charge is 0.477 e. The lowest BCUT2D eigenvalue weighted by molar-refractivity contribution is -0.132. The van der Waals surface area contributed by atoms with Crippen LogP contribution in [0.1, 0.15) is 6.92 Å². The molecule has 0 bridgehead atoms. The van der Waals surface area contributed by atoms with E-state index in [9.17, 15) is 4.79 Å². The number of rotatable bonds is 4. The Morgan fingerprint density at radius 2 is 2.45 bits per heavy atom. The van der Waals surface area contributed by atoms with Gasteiger partial charge in [-0.05, 0) is 13.0 Å². The number of hydrogen-bond donors (Lipinski definition) is 1. The van der Waals surface area contributed by atoms with Crippen LogP contribution < -0.4 is 0 Å². The van der Waals surface area contributed by atoms with Gasteiger partial charge >= 0.3 is 5.97 Å². The zero-order chi connectivity index (χ0) is 8.69. The topological polar surface area (TPSA) is 70.3 Å². The number of ether oxygens (including phenoxy) is 1. The summed E-state index contributed by atoms with van der Waals surface area (Å²) in [6.45, 7) is 2.47. The standard InChI is InChI=1S/C7H9NO3/c1-2-11-4-3-6(5-8)7(9)10/h3H,2,4H2,1H3,(H,9,10). The maximum atomic E-state index is 10.2. The van der Waals surface area contributed by atoms with Gasteiger partial charge in [-0.1, -0.05) is 0 Å². The molecule has 0 unspecified atom stereocenters. The van der Waals surface area contributed by atoms with Gasteiger partial charge in [-0.2, -0.15) is 5.26 Å². The van der Waals surface area contributed by atoms with E-state index < -0.39 is 5.97 Å². The molecule has 0 aromatic heterocycles. The molecule has 0 atom stereocenters. The first-order valence-corrected chi connectivity index (χ1v) is 3.13. The second-order valence-electron chi connectivity index (χ2n) is 1.69. The summed E-state index contributed by atoms with van der Waals surface area (Å²) in [4.78, 5) is 10.2. The van der Waals surface area contributed by atoms with Crippen LogP contribution >= 0.6 is 0 Å². The third-order valence-electron chi connectivity index (χ3n) is 0.960. The van der Waals surface area contributed by atoms with Crippen LogP contribution in [0.2, 0.25) is 0 Å². The van der Waals surface area contributed by atoms with Crippen molar-refractivity contribution in [1.29, 1.82) is 5.26 Å². The first-order chi connectivity index (χ1) is 5.22. The molecular weight excluding hydrogens is 146 g/mol. The van der Waals surface area contributed by atoms with E-state index in [0.717, 1.165) is 0 Å². The molecule has 11 heavy (non-hydrogen) atoms. The molecule has 1 N–H and O–H groups in total. The van der Waals surface area contributed by atoms with E-state index in [0.29, 0.717) is 6.61 Å². The fraction of sp³-hybridized carbons (Fsp3) is 0.429. The Kier molecular flexibility index (Phi) is 4.78. The number of nitriles is 1. The molecule has 4 heteroatoms. The van der Waals surface area contributed by atoms with Crippen molar-refractivity contribution in [3.63, 3.8) is 0 Å². The molecule has 60 valence electrons. The van der Waals surface area contributed by atoms with Gasteiger partial charge in [0.25, 0.3) is 0 Å². The minimum absolute atomic E-state index is 0.172. The van der Waals surface area contributed by atoms with Crippen LogP contribution in [0.25, 0.3) is 0 Å². The van der Waals surface area contributed by atoms with Crippen LogP contribution in [-0.4, -0.2) is 24.3 Å². The lowest BCUT2D eigenvalue weighted by atomic mass is 10.3. The SMILES string of the molecule is CCOCC=C(C#N)C(=O)O. The predicted molar refractivity (Wildman–Crippen MR) is 37.8 cm³/mol. The first kappa shape index (κ1) is 9.66.